The molecule has 1 spiro atoms. The van der Waals surface area contributed by atoms with Gasteiger partial charge in [0, 0.05) is 32.5 Å². The molecule has 6 nitrogen and oxygen atoms in total. The van der Waals surface area contributed by atoms with Crippen molar-refractivity contribution < 1.29 is 19.1 Å². The molecule has 2 heterocycles. The van der Waals surface area contributed by atoms with Gasteiger partial charge < -0.3 is 14.5 Å². The normalized spacial score (nSPS) is 28.4. The standard InChI is InChI=1S/C17H26N2O4/c1-16(2,3)23-15(22)19-7-4-5-17(19)6-8-18(11-17)14(21)12-9-13(20)10-12/h12H,4-11H2,1-3H3/t17-/m0/s1. The van der Waals surface area contributed by atoms with Crippen molar-refractivity contribution in [3.63, 3.8) is 0 Å². The van der Waals surface area contributed by atoms with Crippen LogP contribution in [0.1, 0.15) is 52.9 Å². The van der Waals surface area contributed by atoms with Gasteiger partial charge in [-0.15, -0.1) is 0 Å². The van der Waals surface area contributed by atoms with E-state index in [-0.39, 0.29) is 29.2 Å². The molecule has 2 aliphatic heterocycles. The van der Waals surface area contributed by atoms with Crippen LogP contribution in [0.3, 0.4) is 0 Å². The number of amides is 2. The van der Waals surface area contributed by atoms with Gasteiger partial charge in [0.1, 0.15) is 11.4 Å². The summed E-state index contributed by atoms with van der Waals surface area (Å²) in [5, 5.41) is 0. The zero-order chi connectivity index (χ0) is 16.8. The van der Waals surface area contributed by atoms with E-state index in [2.05, 4.69) is 0 Å². The first-order valence-electron chi connectivity index (χ1n) is 8.51. The molecule has 0 unspecified atom stereocenters. The van der Waals surface area contributed by atoms with Crippen LogP contribution in [0.25, 0.3) is 0 Å². The summed E-state index contributed by atoms with van der Waals surface area (Å²) in [6.45, 7) is 7.54. The SMILES string of the molecule is CC(C)(C)OC(=O)N1CCC[C@@]12CCN(C(=O)C1CC(=O)C1)C2. The average molecular weight is 322 g/mol. The molecule has 1 atom stereocenters. The van der Waals surface area contributed by atoms with E-state index in [0.29, 0.717) is 32.5 Å². The molecule has 0 aromatic carbocycles. The Morgan fingerprint density at radius 2 is 1.87 bits per heavy atom. The van der Waals surface area contributed by atoms with E-state index >= 15 is 0 Å². The molecule has 2 amide bonds. The van der Waals surface area contributed by atoms with Gasteiger partial charge in [0.25, 0.3) is 0 Å². The second-order valence-electron chi connectivity index (χ2n) is 8.11. The number of carbonyl (C=O) groups is 3. The van der Waals surface area contributed by atoms with Gasteiger partial charge in [-0.25, -0.2) is 4.79 Å². The summed E-state index contributed by atoms with van der Waals surface area (Å²) < 4.78 is 5.54. The summed E-state index contributed by atoms with van der Waals surface area (Å²) in [7, 11) is 0. The fourth-order valence-electron chi connectivity index (χ4n) is 3.93. The summed E-state index contributed by atoms with van der Waals surface area (Å²) in [5.74, 6) is 0.125. The number of hydrogen-bond donors (Lipinski definition) is 0. The topological polar surface area (TPSA) is 66.9 Å². The molecule has 6 heteroatoms. The lowest BCUT2D eigenvalue weighted by Gasteiger charge is -2.36. The number of ether oxygens (including phenoxy) is 1. The molecule has 0 radical (unpaired) electrons. The molecule has 0 aromatic rings. The van der Waals surface area contributed by atoms with Crippen LogP contribution in [0, 0.1) is 5.92 Å². The van der Waals surface area contributed by atoms with Crippen molar-refractivity contribution >= 4 is 17.8 Å². The maximum atomic E-state index is 12.5. The number of hydrogen-bond acceptors (Lipinski definition) is 4. The molecule has 0 N–H and O–H groups in total. The maximum absolute atomic E-state index is 12.5. The number of ketones is 1. The van der Waals surface area contributed by atoms with Crippen molar-refractivity contribution in [2.24, 2.45) is 5.92 Å². The molecule has 128 valence electrons. The lowest BCUT2D eigenvalue weighted by atomic mass is 9.83. The highest BCUT2D eigenvalue weighted by Gasteiger charge is 2.51. The Balaban J connectivity index is 1.66. The minimum absolute atomic E-state index is 0.0810. The lowest BCUT2D eigenvalue weighted by Crippen LogP contribution is -2.51. The van der Waals surface area contributed by atoms with E-state index in [0.717, 1.165) is 19.3 Å². The van der Waals surface area contributed by atoms with Crippen LogP contribution in [0.4, 0.5) is 4.79 Å². The Kier molecular flexibility index (Phi) is 3.89. The van der Waals surface area contributed by atoms with Gasteiger partial charge in [0.2, 0.25) is 5.91 Å². The van der Waals surface area contributed by atoms with Crippen molar-refractivity contribution in [2.45, 2.75) is 64.0 Å². The lowest BCUT2D eigenvalue weighted by molar-refractivity contribution is -0.144. The number of carbonyl (C=O) groups excluding carboxylic acids is 3. The predicted molar refractivity (Wildman–Crippen MR) is 83.8 cm³/mol. The van der Waals surface area contributed by atoms with Gasteiger partial charge in [-0.3, -0.25) is 9.59 Å². The minimum Gasteiger partial charge on any atom is -0.444 e. The zero-order valence-corrected chi connectivity index (χ0v) is 14.3. The molecule has 3 rings (SSSR count). The van der Waals surface area contributed by atoms with Gasteiger partial charge in [-0.05, 0) is 40.0 Å². The smallest absolute Gasteiger partial charge is 0.410 e. The van der Waals surface area contributed by atoms with Crippen LogP contribution in [0.2, 0.25) is 0 Å². The molecule has 3 aliphatic rings. The summed E-state index contributed by atoms with van der Waals surface area (Å²) in [4.78, 5) is 39.7. The van der Waals surface area contributed by atoms with Gasteiger partial charge in [-0.2, -0.15) is 0 Å². The highest BCUT2D eigenvalue weighted by atomic mass is 16.6. The van der Waals surface area contributed by atoms with Crippen LogP contribution in [0.15, 0.2) is 0 Å². The third kappa shape index (κ3) is 3.08. The highest BCUT2D eigenvalue weighted by molar-refractivity contribution is 5.96. The first-order valence-corrected chi connectivity index (χ1v) is 8.51. The molecule has 1 aliphatic carbocycles. The second kappa shape index (κ2) is 5.49. The number of likely N-dealkylation sites (tertiary alicyclic amines) is 2. The van der Waals surface area contributed by atoms with Crippen LogP contribution >= 0.6 is 0 Å². The monoisotopic (exact) mass is 322 g/mol. The van der Waals surface area contributed by atoms with Crippen LogP contribution in [-0.2, 0) is 14.3 Å². The molecule has 23 heavy (non-hydrogen) atoms. The highest BCUT2D eigenvalue weighted by Crippen LogP contribution is 2.40. The van der Waals surface area contributed by atoms with Crippen LogP contribution < -0.4 is 0 Å². The Morgan fingerprint density at radius 3 is 2.48 bits per heavy atom. The van der Waals surface area contributed by atoms with Crippen molar-refractivity contribution in [1.29, 1.82) is 0 Å². The zero-order valence-electron chi connectivity index (χ0n) is 14.3. The molecule has 0 bridgehead atoms. The molecule has 3 fully saturated rings. The summed E-state index contributed by atoms with van der Waals surface area (Å²) in [6, 6.07) is 0. The van der Waals surface area contributed by atoms with Crippen LogP contribution in [-0.4, -0.2) is 58.4 Å². The fraction of sp³-hybridized carbons (Fsp3) is 0.824. The molecule has 1 saturated carbocycles. The Bertz CT molecular complexity index is 531. The van der Waals surface area contributed by atoms with Crippen molar-refractivity contribution in [3.8, 4) is 0 Å². The second-order valence-corrected chi connectivity index (χ2v) is 8.11. The average Bonchev–Trinajstić information content (AvgIpc) is 3.00. The van der Waals surface area contributed by atoms with Crippen molar-refractivity contribution in [3.05, 3.63) is 0 Å². The minimum atomic E-state index is -0.513. The maximum Gasteiger partial charge on any atom is 0.410 e. The molecule has 0 aromatic heterocycles. The summed E-state index contributed by atoms with van der Waals surface area (Å²) in [5.41, 5.74) is -0.785. The first-order chi connectivity index (χ1) is 10.7. The van der Waals surface area contributed by atoms with E-state index in [1.807, 2.05) is 30.6 Å². The third-order valence-electron chi connectivity index (χ3n) is 5.15. The third-order valence-corrected chi connectivity index (χ3v) is 5.15. The summed E-state index contributed by atoms with van der Waals surface area (Å²) >= 11 is 0. The van der Waals surface area contributed by atoms with Gasteiger partial charge in [-0.1, -0.05) is 0 Å². The Hall–Kier alpha value is -1.59. The number of nitrogens with zero attached hydrogens (tertiary/aromatic N) is 2. The Morgan fingerprint density at radius 1 is 1.17 bits per heavy atom. The van der Waals surface area contributed by atoms with E-state index in [1.54, 1.807) is 0 Å². The van der Waals surface area contributed by atoms with E-state index in [9.17, 15) is 14.4 Å². The quantitative estimate of drug-likeness (QED) is 0.740. The van der Waals surface area contributed by atoms with Crippen molar-refractivity contribution in [2.75, 3.05) is 19.6 Å². The molecule has 2 saturated heterocycles. The van der Waals surface area contributed by atoms with E-state index in [4.69, 9.17) is 4.74 Å². The number of rotatable bonds is 1. The van der Waals surface area contributed by atoms with Crippen molar-refractivity contribution in [1.82, 2.24) is 9.80 Å². The Labute approximate surface area is 137 Å². The van der Waals surface area contributed by atoms with Gasteiger partial charge >= 0.3 is 6.09 Å². The van der Waals surface area contributed by atoms with Gasteiger partial charge in [0.05, 0.1) is 11.5 Å². The van der Waals surface area contributed by atoms with E-state index in [1.165, 1.54) is 0 Å². The predicted octanol–water partition coefficient (Wildman–Crippen LogP) is 1.97. The van der Waals surface area contributed by atoms with Gasteiger partial charge in [0.15, 0.2) is 0 Å². The summed E-state index contributed by atoms with van der Waals surface area (Å²) in [6.07, 6.45) is 3.17. The molecular weight excluding hydrogens is 296 g/mol. The first kappa shape index (κ1) is 16.3. The van der Waals surface area contributed by atoms with E-state index < -0.39 is 5.60 Å². The van der Waals surface area contributed by atoms with Crippen LogP contribution in [0.5, 0.6) is 0 Å². The fourth-order valence-corrected chi connectivity index (χ4v) is 3.93. The number of Topliss-reactive ketones (excluding diaryl/α,β-unsaturated/α-hetero) is 1. The molecular formula is C17H26N2O4. The largest absolute Gasteiger partial charge is 0.444 e.